The Labute approximate surface area is 102 Å². The van der Waals surface area contributed by atoms with E-state index in [-0.39, 0.29) is 5.75 Å². The van der Waals surface area contributed by atoms with Crippen LogP contribution in [0.15, 0.2) is 52.5 Å². The average molecular weight is 246 g/mol. The van der Waals surface area contributed by atoms with Crippen molar-refractivity contribution in [2.24, 2.45) is 5.73 Å². The molecule has 0 bridgehead atoms. The number of primary amides is 1. The minimum Gasteiger partial charge on any atom is -0.508 e. The molecule has 1 aromatic carbocycles. The molecule has 17 heavy (non-hydrogen) atoms. The Bertz CT molecular complexity index is 540. The van der Waals surface area contributed by atoms with Crippen LogP contribution in [0.25, 0.3) is 0 Å². The summed E-state index contributed by atoms with van der Waals surface area (Å²) >= 11 is 1.33. The molecule has 0 saturated heterocycles. The number of aromatic hydroxyl groups is 1. The van der Waals surface area contributed by atoms with Crippen LogP contribution in [0.1, 0.15) is 10.4 Å². The Morgan fingerprint density at radius 1 is 1.24 bits per heavy atom. The van der Waals surface area contributed by atoms with Crippen LogP contribution < -0.4 is 5.73 Å². The fourth-order valence-electron chi connectivity index (χ4n) is 1.29. The van der Waals surface area contributed by atoms with E-state index in [2.05, 4.69) is 4.98 Å². The van der Waals surface area contributed by atoms with Crippen molar-refractivity contribution in [3.05, 3.63) is 48.2 Å². The molecule has 0 saturated carbocycles. The number of nitrogens with zero attached hydrogens (tertiary/aromatic N) is 1. The van der Waals surface area contributed by atoms with Gasteiger partial charge < -0.3 is 10.8 Å². The first-order chi connectivity index (χ1) is 8.16. The topological polar surface area (TPSA) is 76.2 Å². The number of carbonyl (C=O) groups is 1. The molecular formula is C12H10N2O2S. The molecule has 3 N–H and O–H groups in total. The van der Waals surface area contributed by atoms with Gasteiger partial charge in [0.1, 0.15) is 10.8 Å². The number of phenolic OH excluding ortho intramolecular Hbond substituents is 1. The molecule has 0 atom stereocenters. The zero-order valence-corrected chi connectivity index (χ0v) is 9.65. The van der Waals surface area contributed by atoms with Crippen molar-refractivity contribution < 1.29 is 9.90 Å². The minimum absolute atomic E-state index is 0.200. The number of hydrogen-bond acceptors (Lipinski definition) is 4. The SMILES string of the molecule is NC(=O)c1cccnc1Sc1ccc(O)cc1. The summed E-state index contributed by atoms with van der Waals surface area (Å²) in [7, 11) is 0. The third-order valence-corrected chi connectivity index (χ3v) is 3.11. The number of benzene rings is 1. The van der Waals surface area contributed by atoms with E-state index in [0.717, 1.165) is 4.90 Å². The summed E-state index contributed by atoms with van der Waals surface area (Å²) in [6, 6.07) is 9.96. The van der Waals surface area contributed by atoms with Crippen LogP contribution in [0.2, 0.25) is 0 Å². The van der Waals surface area contributed by atoms with Crippen molar-refractivity contribution in [2.45, 2.75) is 9.92 Å². The van der Waals surface area contributed by atoms with Crippen molar-refractivity contribution in [1.29, 1.82) is 0 Å². The number of phenols is 1. The lowest BCUT2D eigenvalue weighted by Crippen LogP contribution is -2.12. The van der Waals surface area contributed by atoms with E-state index < -0.39 is 5.91 Å². The van der Waals surface area contributed by atoms with Gasteiger partial charge in [-0.1, -0.05) is 11.8 Å². The molecule has 0 unspecified atom stereocenters. The summed E-state index contributed by atoms with van der Waals surface area (Å²) in [5.41, 5.74) is 5.65. The van der Waals surface area contributed by atoms with Gasteiger partial charge in [-0.3, -0.25) is 4.79 Å². The number of amides is 1. The van der Waals surface area contributed by atoms with Crippen molar-refractivity contribution in [3.8, 4) is 5.75 Å². The fraction of sp³-hybridized carbons (Fsp3) is 0. The third-order valence-electron chi connectivity index (χ3n) is 2.09. The van der Waals surface area contributed by atoms with Crippen LogP contribution in [0.5, 0.6) is 5.75 Å². The summed E-state index contributed by atoms with van der Waals surface area (Å²) in [5.74, 6) is -0.301. The van der Waals surface area contributed by atoms with Gasteiger partial charge in [-0.15, -0.1) is 0 Å². The third kappa shape index (κ3) is 2.76. The summed E-state index contributed by atoms with van der Waals surface area (Å²) in [5, 5.41) is 9.73. The molecule has 1 amide bonds. The quantitative estimate of drug-likeness (QED) is 0.868. The van der Waals surface area contributed by atoms with E-state index in [1.165, 1.54) is 11.8 Å². The highest BCUT2D eigenvalue weighted by Gasteiger charge is 2.09. The maximum Gasteiger partial charge on any atom is 0.251 e. The number of nitrogens with two attached hydrogens (primary N) is 1. The van der Waals surface area contributed by atoms with Gasteiger partial charge in [-0.25, -0.2) is 4.98 Å². The van der Waals surface area contributed by atoms with Gasteiger partial charge in [0.05, 0.1) is 5.56 Å². The molecule has 1 heterocycles. The second-order valence-corrected chi connectivity index (χ2v) is 4.38. The maximum atomic E-state index is 11.2. The number of pyridine rings is 1. The van der Waals surface area contributed by atoms with E-state index in [1.54, 1.807) is 42.6 Å². The van der Waals surface area contributed by atoms with Crippen LogP contribution in [0.3, 0.4) is 0 Å². The molecule has 0 spiro atoms. The van der Waals surface area contributed by atoms with Crippen LogP contribution in [0, 0.1) is 0 Å². The van der Waals surface area contributed by atoms with E-state index >= 15 is 0 Å². The molecule has 2 rings (SSSR count). The smallest absolute Gasteiger partial charge is 0.251 e. The van der Waals surface area contributed by atoms with Crippen LogP contribution in [-0.2, 0) is 0 Å². The Hall–Kier alpha value is -2.01. The van der Waals surface area contributed by atoms with Gasteiger partial charge in [0.15, 0.2) is 0 Å². The molecule has 86 valence electrons. The number of aromatic nitrogens is 1. The van der Waals surface area contributed by atoms with E-state index in [4.69, 9.17) is 10.8 Å². The van der Waals surface area contributed by atoms with Crippen molar-refractivity contribution in [3.63, 3.8) is 0 Å². The Balaban J connectivity index is 2.30. The van der Waals surface area contributed by atoms with E-state index in [9.17, 15) is 4.79 Å². The summed E-state index contributed by atoms with van der Waals surface area (Å²) in [4.78, 5) is 16.2. The Kier molecular flexibility index (Phi) is 3.30. The molecule has 0 aliphatic heterocycles. The van der Waals surface area contributed by atoms with Crippen LogP contribution in [0.4, 0.5) is 0 Å². The molecular weight excluding hydrogens is 236 g/mol. The van der Waals surface area contributed by atoms with E-state index in [0.29, 0.717) is 10.6 Å². The Morgan fingerprint density at radius 2 is 1.94 bits per heavy atom. The van der Waals surface area contributed by atoms with Gasteiger partial charge in [-0.2, -0.15) is 0 Å². The van der Waals surface area contributed by atoms with Crippen LogP contribution in [-0.4, -0.2) is 16.0 Å². The highest BCUT2D eigenvalue weighted by atomic mass is 32.2. The molecule has 0 radical (unpaired) electrons. The molecule has 5 heteroatoms. The first-order valence-electron chi connectivity index (χ1n) is 4.88. The van der Waals surface area contributed by atoms with Gasteiger partial charge in [0.2, 0.25) is 0 Å². The molecule has 0 aliphatic carbocycles. The highest BCUT2D eigenvalue weighted by molar-refractivity contribution is 7.99. The summed E-state index contributed by atoms with van der Waals surface area (Å²) in [6.07, 6.45) is 1.61. The predicted molar refractivity (Wildman–Crippen MR) is 65.0 cm³/mol. The van der Waals surface area contributed by atoms with Crippen molar-refractivity contribution in [2.75, 3.05) is 0 Å². The zero-order chi connectivity index (χ0) is 12.3. The lowest BCUT2D eigenvalue weighted by Gasteiger charge is -2.04. The molecule has 0 aliphatic rings. The fourth-order valence-corrected chi connectivity index (χ4v) is 2.17. The van der Waals surface area contributed by atoms with Crippen molar-refractivity contribution >= 4 is 17.7 Å². The first kappa shape index (κ1) is 11.5. The van der Waals surface area contributed by atoms with Crippen molar-refractivity contribution in [1.82, 2.24) is 4.98 Å². The molecule has 1 aromatic heterocycles. The molecule has 4 nitrogen and oxygen atoms in total. The molecule has 2 aromatic rings. The lowest BCUT2D eigenvalue weighted by molar-refractivity contribution is 0.0997. The number of carbonyl (C=O) groups excluding carboxylic acids is 1. The standard InChI is InChI=1S/C12H10N2O2S/c13-11(16)10-2-1-7-14-12(10)17-9-5-3-8(15)4-6-9/h1-7,15H,(H2,13,16). The van der Waals surface area contributed by atoms with Gasteiger partial charge in [0, 0.05) is 11.1 Å². The number of rotatable bonds is 3. The Morgan fingerprint density at radius 3 is 2.59 bits per heavy atom. The number of hydrogen-bond donors (Lipinski definition) is 2. The molecule has 0 fully saturated rings. The van der Waals surface area contributed by atoms with E-state index in [1.807, 2.05) is 0 Å². The zero-order valence-electron chi connectivity index (χ0n) is 8.83. The summed E-state index contributed by atoms with van der Waals surface area (Å²) in [6.45, 7) is 0. The first-order valence-corrected chi connectivity index (χ1v) is 5.70. The average Bonchev–Trinajstić information content (AvgIpc) is 2.32. The highest BCUT2D eigenvalue weighted by Crippen LogP contribution is 2.29. The maximum absolute atomic E-state index is 11.2. The van der Waals surface area contributed by atoms with Gasteiger partial charge in [-0.05, 0) is 36.4 Å². The van der Waals surface area contributed by atoms with Gasteiger partial charge >= 0.3 is 0 Å². The monoisotopic (exact) mass is 246 g/mol. The second-order valence-electron chi connectivity index (χ2n) is 3.32. The normalized spacial score (nSPS) is 10.1. The van der Waals surface area contributed by atoms with Crippen LogP contribution >= 0.6 is 11.8 Å². The lowest BCUT2D eigenvalue weighted by atomic mass is 10.3. The second kappa shape index (κ2) is 4.88. The van der Waals surface area contributed by atoms with Gasteiger partial charge in [0.25, 0.3) is 5.91 Å². The predicted octanol–water partition coefficient (Wildman–Crippen LogP) is 2.04. The summed E-state index contributed by atoms with van der Waals surface area (Å²) < 4.78 is 0. The minimum atomic E-state index is -0.501. The largest absolute Gasteiger partial charge is 0.508 e.